The second-order valence-electron chi connectivity index (χ2n) is 2.52. The van der Waals surface area contributed by atoms with Crippen molar-refractivity contribution in [3.63, 3.8) is 0 Å². The molecule has 0 saturated carbocycles. The maximum Gasteiger partial charge on any atom is 0.322 e. The summed E-state index contributed by atoms with van der Waals surface area (Å²) < 4.78 is 0. The normalized spacial score (nSPS) is 8.80. The number of nitrogens with one attached hydrogen (secondary N) is 1. The Morgan fingerprint density at radius 1 is 1.27 bits per heavy atom. The molecule has 0 fully saturated rings. The van der Waals surface area contributed by atoms with Crippen LogP contribution in [0.25, 0.3) is 0 Å². The van der Waals surface area contributed by atoms with E-state index in [9.17, 15) is 4.79 Å². The number of carboxylic acids is 1. The molecule has 2 heterocycles. The van der Waals surface area contributed by atoms with Gasteiger partial charge in [0.05, 0.1) is 5.00 Å². The molecule has 2 aromatic rings. The summed E-state index contributed by atoms with van der Waals surface area (Å²) in [6, 6.07) is 7.75. The van der Waals surface area contributed by atoms with Gasteiger partial charge in [-0.05, 0) is 28.3 Å². The molecular formula is C10H11NO2S2. The summed E-state index contributed by atoms with van der Waals surface area (Å²) in [5, 5.41) is 17.9. The average molecular weight is 241 g/mol. The number of carboxylic acid groups (broad SMARTS) is 1. The minimum Gasteiger partial charge on any atom is -0.480 e. The number of aliphatic carboxylic acids is 1. The molecule has 0 amide bonds. The summed E-state index contributed by atoms with van der Waals surface area (Å²) >= 11 is 3.20. The molecule has 3 nitrogen and oxygen atoms in total. The van der Waals surface area contributed by atoms with Gasteiger partial charge in [0.15, 0.2) is 0 Å². The van der Waals surface area contributed by atoms with Crippen LogP contribution in [0.2, 0.25) is 0 Å². The van der Waals surface area contributed by atoms with Gasteiger partial charge in [-0.1, -0.05) is 12.1 Å². The lowest BCUT2D eigenvalue weighted by Gasteiger charge is -1.95. The minimum absolute atomic E-state index is 0.0134. The molecule has 0 aliphatic carbocycles. The lowest BCUT2D eigenvalue weighted by molar-refractivity contribution is -0.134. The van der Waals surface area contributed by atoms with Gasteiger partial charge in [-0.3, -0.25) is 4.79 Å². The quantitative estimate of drug-likeness (QED) is 0.868. The van der Waals surface area contributed by atoms with E-state index in [1.807, 2.05) is 40.4 Å². The van der Waals surface area contributed by atoms with E-state index in [-0.39, 0.29) is 6.54 Å². The first-order valence-corrected chi connectivity index (χ1v) is 6.07. The van der Waals surface area contributed by atoms with Gasteiger partial charge in [0, 0.05) is 0 Å². The van der Waals surface area contributed by atoms with Crippen molar-refractivity contribution in [1.29, 1.82) is 0 Å². The molecule has 0 aliphatic heterocycles. The van der Waals surface area contributed by atoms with E-state index in [0.29, 0.717) is 0 Å². The van der Waals surface area contributed by atoms with Crippen molar-refractivity contribution in [2.75, 3.05) is 11.9 Å². The van der Waals surface area contributed by atoms with Gasteiger partial charge in [0.1, 0.15) is 6.54 Å². The molecule has 15 heavy (non-hydrogen) atoms. The number of anilines is 1. The van der Waals surface area contributed by atoms with Crippen molar-refractivity contribution in [3.8, 4) is 0 Å². The third-order valence-electron chi connectivity index (χ3n) is 1.36. The van der Waals surface area contributed by atoms with Crippen molar-refractivity contribution in [3.05, 3.63) is 40.4 Å². The van der Waals surface area contributed by atoms with E-state index in [1.165, 1.54) is 11.3 Å². The summed E-state index contributed by atoms with van der Waals surface area (Å²) in [5.74, 6) is -0.839. The van der Waals surface area contributed by atoms with Gasteiger partial charge in [-0.15, -0.1) is 11.3 Å². The van der Waals surface area contributed by atoms with Crippen molar-refractivity contribution in [2.24, 2.45) is 0 Å². The zero-order chi connectivity index (χ0) is 10.9. The zero-order valence-corrected chi connectivity index (χ0v) is 9.55. The molecule has 0 aliphatic rings. The summed E-state index contributed by atoms with van der Waals surface area (Å²) in [6.45, 7) is -0.0134. The van der Waals surface area contributed by atoms with Crippen LogP contribution in [-0.2, 0) is 4.79 Å². The minimum atomic E-state index is -0.839. The van der Waals surface area contributed by atoms with Crippen molar-refractivity contribution in [1.82, 2.24) is 0 Å². The molecule has 2 aromatic heterocycles. The third kappa shape index (κ3) is 5.87. The Labute approximate surface area is 96.0 Å². The topological polar surface area (TPSA) is 49.3 Å². The highest BCUT2D eigenvalue weighted by Gasteiger charge is 1.95. The van der Waals surface area contributed by atoms with Crippen LogP contribution >= 0.6 is 22.7 Å². The lowest BCUT2D eigenvalue weighted by Crippen LogP contribution is -2.11. The maximum atomic E-state index is 10.0. The highest BCUT2D eigenvalue weighted by molar-refractivity contribution is 7.14. The molecule has 0 bridgehead atoms. The largest absolute Gasteiger partial charge is 0.480 e. The van der Waals surface area contributed by atoms with Crippen LogP contribution in [0.15, 0.2) is 40.4 Å². The molecule has 2 rings (SSSR count). The van der Waals surface area contributed by atoms with Gasteiger partial charge in [-0.2, -0.15) is 11.3 Å². The van der Waals surface area contributed by atoms with E-state index in [0.717, 1.165) is 5.00 Å². The van der Waals surface area contributed by atoms with Crippen molar-refractivity contribution < 1.29 is 9.90 Å². The van der Waals surface area contributed by atoms with Crippen LogP contribution in [0.5, 0.6) is 0 Å². The Hall–Kier alpha value is -1.33. The van der Waals surface area contributed by atoms with E-state index >= 15 is 0 Å². The number of carbonyl (C=O) groups is 1. The van der Waals surface area contributed by atoms with E-state index < -0.39 is 5.97 Å². The monoisotopic (exact) mass is 241 g/mol. The van der Waals surface area contributed by atoms with Gasteiger partial charge >= 0.3 is 5.97 Å². The molecule has 80 valence electrons. The molecule has 5 heteroatoms. The Balaban J connectivity index is 0.000000187. The summed E-state index contributed by atoms with van der Waals surface area (Å²) in [7, 11) is 0. The molecule has 2 N–H and O–H groups in total. The molecule has 0 saturated heterocycles. The Morgan fingerprint density at radius 2 is 2.00 bits per heavy atom. The predicted octanol–water partition coefficient (Wildman–Crippen LogP) is 2.99. The van der Waals surface area contributed by atoms with E-state index in [1.54, 1.807) is 11.3 Å². The predicted molar refractivity (Wildman–Crippen MR) is 64.8 cm³/mol. The van der Waals surface area contributed by atoms with E-state index in [4.69, 9.17) is 5.11 Å². The highest BCUT2D eigenvalue weighted by Crippen LogP contribution is 2.13. The SMILES string of the molecule is O=C(O)CNc1cccs1.c1ccsc1. The first-order chi connectivity index (χ1) is 7.29. The fourth-order valence-electron chi connectivity index (χ4n) is 0.769. The van der Waals surface area contributed by atoms with Gasteiger partial charge in [0.2, 0.25) is 0 Å². The Kier molecular flexibility index (Phi) is 5.50. The van der Waals surface area contributed by atoms with Crippen LogP contribution in [0.3, 0.4) is 0 Å². The first-order valence-electron chi connectivity index (χ1n) is 4.25. The molecule has 0 spiro atoms. The molecular weight excluding hydrogens is 230 g/mol. The second kappa shape index (κ2) is 7.03. The number of thiophene rings is 2. The van der Waals surface area contributed by atoms with Gasteiger partial charge < -0.3 is 10.4 Å². The fourth-order valence-corrected chi connectivity index (χ4v) is 1.84. The van der Waals surface area contributed by atoms with Crippen LogP contribution in [0.4, 0.5) is 5.00 Å². The second-order valence-corrected chi connectivity index (χ2v) is 4.28. The van der Waals surface area contributed by atoms with Gasteiger partial charge in [0.25, 0.3) is 0 Å². The average Bonchev–Trinajstić information content (AvgIpc) is 2.91. The van der Waals surface area contributed by atoms with Gasteiger partial charge in [-0.25, -0.2) is 0 Å². The molecule has 0 aromatic carbocycles. The molecule has 0 unspecified atom stereocenters. The van der Waals surface area contributed by atoms with Crippen LogP contribution in [0.1, 0.15) is 0 Å². The van der Waals surface area contributed by atoms with E-state index in [2.05, 4.69) is 5.32 Å². The molecule has 0 atom stereocenters. The third-order valence-corrected chi connectivity index (χ3v) is 2.82. The molecule has 0 radical (unpaired) electrons. The fraction of sp³-hybridized carbons (Fsp3) is 0.100. The number of hydrogen-bond acceptors (Lipinski definition) is 4. The zero-order valence-electron chi connectivity index (χ0n) is 7.92. The van der Waals surface area contributed by atoms with Crippen LogP contribution in [-0.4, -0.2) is 17.6 Å². The van der Waals surface area contributed by atoms with Crippen molar-refractivity contribution >= 4 is 33.6 Å². The number of hydrogen-bond donors (Lipinski definition) is 2. The standard InChI is InChI=1S/C6H7NO2S.C4H4S/c8-6(9)4-7-5-2-1-3-10-5;1-2-4-5-3-1/h1-3,7H,4H2,(H,8,9);1-4H. The number of rotatable bonds is 3. The highest BCUT2D eigenvalue weighted by atomic mass is 32.1. The Bertz CT molecular complexity index is 339. The maximum absolute atomic E-state index is 10.0. The first kappa shape index (κ1) is 11.7. The van der Waals surface area contributed by atoms with Crippen LogP contribution in [0, 0.1) is 0 Å². The van der Waals surface area contributed by atoms with Crippen molar-refractivity contribution in [2.45, 2.75) is 0 Å². The van der Waals surface area contributed by atoms with Crippen LogP contribution < -0.4 is 5.32 Å². The Morgan fingerprint density at radius 3 is 2.40 bits per heavy atom. The summed E-state index contributed by atoms with van der Waals surface area (Å²) in [5.41, 5.74) is 0. The smallest absolute Gasteiger partial charge is 0.322 e. The summed E-state index contributed by atoms with van der Waals surface area (Å²) in [4.78, 5) is 10.0. The lowest BCUT2D eigenvalue weighted by atomic mass is 10.6. The summed E-state index contributed by atoms with van der Waals surface area (Å²) in [6.07, 6.45) is 0.